The maximum Gasteiger partial charge on any atom is 0.343 e. The molecule has 6 heteroatoms. The summed E-state index contributed by atoms with van der Waals surface area (Å²) >= 11 is 0. The molecule has 1 N–H and O–H groups in total. The van der Waals surface area contributed by atoms with Crippen LogP contribution in [0.15, 0.2) is 76.2 Å². The summed E-state index contributed by atoms with van der Waals surface area (Å²) in [6.07, 6.45) is 3.42. The maximum atomic E-state index is 12.5. The topological polar surface area (TPSA) is 81.8 Å². The van der Waals surface area contributed by atoms with Gasteiger partial charge in [0.2, 0.25) is 0 Å². The number of rotatable bonds is 6. The van der Waals surface area contributed by atoms with Crippen LogP contribution in [0, 0.1) is 0 Å². The number of hydrogen-bond acceptors (Lipinski definition) is 6. The minimum atomic E-state index is -1.36. The lowest BCUT2D eigenvalue weighted by atomic mass is 9.92. The Hall–Kier alpha value is -3.64. The number of hydrogen-bond donors (Lipinski definition) is 1. The zero-order chi connectivity index (χ0) is 22.0. The molecule has 0 aliphatic rings. The summed E-state index contributed by atoms with van der Waals surface area (Å²) in [5.41, 5.74) is 0.493. The van der Waals surface area contributed by atoms with Crippen LogP contribution in [0.25, 0.3) is 21.9 Å². The molecule has 2 aromatic carbocycles. The molecule has 2 aromatic heterocycles. The van der Waals surface area contributed by atoms with Crippen molar-refractivity contribution >= 4 is 10.8 Å². The number of aliphatic hydroxyl groups is 1. The van der Waals surface area contributed by atoms with Crippen LogP contribution in [0.5, 0.6) is 11.5 Å². The second-order valence-corrected chi connectivity index (χ2v) is 7.71. The van der Waals surface area contributed by atoms with Crippen molar-refractivity contribution in [1.29, 1.82) is 0 Å². The van der Waals surface area contributed by atoms with E-state index >= 15 is 0 Å². The Labute approximate surface area is 179 Å². The molecule has 0 spiro atoms. The highest BCUT2D eigenvalue weighted by Gasteiger charge is 2.27. The van der Waals surface area contributed by atoms with Crippen LogP contribution in [-0.2, 0) is 12.2 Å². The van der Waals surface area contributed by atoms with Crippen LogP contribution >= 0.6 is 0 Å². The van der Waals surface area contributed by atoms with Gasteiger partial charge in [0, 0.05) is 23.3 Å². The van der Waals surface area contributed by atoms with Crippen molar-refractivity contribution in [3.8, 4) is 22.6 Å². The predicted octanol–water partition coefficient (Wildman–Crippen LogP) is 4.67. The van der Waals surface area contributed by atoms with E-state index in [1.54, 1.807) is 51.6 Å². The molecule has 0 aliphatic carbocycles. The fourth-order valence-electron chi connectivity index (χ4n) is 3.50. The second-order valence-electron chi connectivity index (χ2n) is 7.71. The van der Waals surface area contributed by atoms with E-state index in [0.29, 0.717) is 34.4 Å². The third kappa shape index (κ3) is 4.15. The molecule has 0 bridgehead atoms. The normalized spacial score (nSPS) is 11.5. The van der Waals surface area contributed by atoms with Gasteiger partial charge in [-0.15, -0.1) is 0 Å². The van der Waals surface area contributed by atoms with E-state index in [2.05, 4.69) is 4.98 Å². The molecule has 6 nitrogen and oxygen atoms in total. The standard InChI is InChI=1S/C25H23NO5/c1-25(2,28)23-22(18-6-4-5-7-19(18)24(27)31-23)17-8-9-20(29-3)21(14-17)30-15-16-10-12-26-13-11-16/h4-14,28H,15H2,1-3H3. The molecule has 0 atom stereocenters. The third-order valence-electron chi connectivity index (χ3n) is 4.99. The fourth-order valence-corrected chi connectivity index (χ4v) is 3.50. The van der Waals surface area contributed by atoms with Gasteiger partial charge in [0.05, 0.1) is 12.5 Å². The van der Waals surface area contributed by atoms with Gasteiger partial charge in [-0.3, -0.25) is 4.98 Å². The minimum Gasteiger partial charge on any atom is -0.493 e. The first-order valence-electron chi connectivity index (χ1n) is 9.87. The molecule has 0 saturated carbocycles. The van der Waals surface area contributed by atoms with Crippen molar-refractivity contribution in [2.45, 2.75) is 26.1 Å². The fraction of sp³-hybridized carbons (Fsp3) is 0.200. The van der Waals surface area contributed by atoms with E-state index < -0.39 is 11.2 Å². The monoisotopic (exact) mass is 417 g/mol. The van der Waals surface area contributed by atoms with Crippen LogP contribution in [0.4, 0.5) is 0 Å². The lowest BCUT2D eigenvalue weighted by Gasteiger charge is -2.21. The van der Waals surface area contributed by atoms with Gasteiger partial charge in [-0.25, -0.2) is 4.79 Å². The molecule has 2 heterocycles. The Morgan fingerprint density at radius 2 is 1.71 bits per heavy atom. The molecular weight excluding hydrogens is 394 g/mol. The summed E-state index contributed by atoms with van der Waals surface area (Å²) in [7, 11) is 1.58. The van der Waals surface area contributed by atoms with Crippen LogP contribution < -0.4 is 15.1 Å². The predicted molar refractivity (Wildman–Crippen MR) is 118 cm³/mol. The molecular formula is C25H23NO5. The highest BCUT2D eigenvalue weighted by Crippen LogP contribution is 2.40. The Morgan fingerprint density at radius 3 is 2.39 bits per heavy atom. The molecule has 0 aliphatic heterocycles. The average molecular weight is 417 g/mol. The van der Waals surface area contributed by atoms with Crippen LogP contribution in [0.1, 0.15) is 25.2 Å². The lowest BCUT2D eigenvalue weighted by molar-refractivity contribution is 0.0521. The maximum absolute atomic E-state index is 12.5. The molecule has 0 radical (unpaired) electrons. The molecule has 4 rings (SSSR count). The zero-order valence-corrected chi connectivity index (χ0v) is 17.6. The number of ether oxygens (including phenoxy) is 2. The number of methoxy groups -OCH3 is 1. The molecule has 0 fully saturated rings. The van der Waals surface area contributed by atoms with Crippen molar-refractivity contribution in [3.63, 3.8) is 0 Å². The van der Waals surface area contributed by atoms with E-state index in [0.717, 1.165) is 11.1 Å². The average Bonchev–Trinajstić information content (AvgIpc) is 2.77. The highest BCUT2D eigenvalue weighted by molar-refractivity contribution is 5.97. The first-order chi connectivity index (χ1) is 14.9. The van der Waals surface area contributed by atoms with Gasteiger partial charge in [0.1, 0.15) is 18.0 Å². The van der Waals surface area contributed by atoms with Crippen molar-refractivity contribution in [3.05, 3.63) is 88.7 Å². The summed E-state index contributed by atoms with van der Waals surface area (Å²) in [4.78, 5) is 16.5. The van der Waals surface area contributed by atoms with Crippen LogP contribution in [0.2, 0.25) is 0 Å². The van der Waals surface area contributed by atoms with Crippen molar-refractivity contribution in [2.75, 3.05) is 7.11 Å². The Bertz CT molecular complexity index is 1270. The van der Waals surface area contributed by atoms with Gasteiger partial charge >= 0.3 is 5.63 Å². The van der Waals surface area contributed by atoms with E-state index in [4.69, 9.17) is 13.9 Å². The Kier molecular flexibility index (Phi) is 5.48. The lowest BCUT2D eigenvalue weighted by Crippen LogP contribution is -2.20. The summed E-state index contributed by atoms with van der Waals surface area (Å²) in [6, 6.07) is 16.4. The summed E-state index contributed by atoms with van der Waals surface area (Å²) < 4.78 is 17.1. The molecule has 0 unspecified atom stereocenters. The van der Waals surface area contributed by atoms with E-state index in [-0.39, 0.29) is 5.76 Å². The number of benzene rings is 2. The van der Waals surface area contributed by atoms with E-state index in [9.17, 15) is 9.90 Å². The largest absolute Gasteiger partial charge is 0.493 e. The Balaban J connectivity index is 1.88. The first-order valence-corrected chi connectivity index (χ1v) is 9.87. The highest BCUT2D eigenvalue weighted by atomic mass is 16.5. The molecule has 0 amide bonds. The molecule has 0 saturated heterocycles. The number of nitrogens with zero attached hydrogens (tertiary/aromatic N) is 1. The van der Waals surface area contributed by atoms with Gasteiger partial charge in [0.25, 0.3) is 0 Å². The van der Waals surface area contributed by atoms with Crippen molar-refractivity contribution < 1.29 is 19.0 Å². The molecule has 158 valence electrons. The SMILES string of the molecule is COc1ccc(-c2c(C(C)(C)O)oc(=O)c3ccccc23)cc1OCc1ccncc1. The summed E-state index contributed by atoms with van der Waals surface area (Å²) in [5, 5.41) is 11.9. The quantitative estimate of drug-likeness (QED) is 0.491. The smallest absolute Gasteiger partial charge is 0.343 e. The van der Waals surface area contributed by atoms with Gasteiger partial charge in [-0.1, -0.05) is 24.3 Å². The van der Waals surface area contributed by atoms with Gasteiger partial charge in [-0.2, -0.15) is 0 Å². The molecule has 31 heavy (non-hydrogen) atoms. The summed E-state index contributed by atoms with van der Waals surface area (Å²) in [6.45, 7) is 3.52. The van der Waals surface area contributed by atoms with Gasteiger partial charge in [-0.05, 0) is 55.3 Å². The van der Waals surface area contributed by atoms with Crippen molar-refractivity contribution in [1.82, 2.24) is 4.98 Å². The van der Waals surface area contributed by atoms with Crippen molar-refractivity contribution in [2.24, 2.45) is 0 Å². The van der Waals surface area contributed by atoms with E-state index in [1.165, 1.54) is 0 Å². The van der Waals surface area contributed by atoms with Crippen LogP contribution in [-0.4, -0.2) is 17.2 Å². The molecule has 4 aromatic rings. The van der Waals surface area contributed by atoms with Gasteiger partial charge < -0.3 is 19.0 Å². The third-order valence-corrected chi connectivity index (χ3v) is 4.99. The Morgan fingerprint density at radius 1 is 1.00 bits per heavy atom. The minimum absolute atomic E-state index is 0.196. The van der Waals surface area contributed by atoms with Gasteiger partial charge in [0.15, 0.2) is 11.5 Å². The summed E-state index contributed by atoms with van der Waals surface area (Å²) in [5.74, 6) is 1.31. The number of pyridine rings is 1. The van der Waals surface area contributed by atoms with E-state index in [1.807, 2.05) is 36.4 Å². The second kappa shape index (κ2) is 8.24. The number of aromatic nitrogens is 1. The number of fused-ring (bicyclic) bond motifs is 1. The zero-order valence-electron chi connectivity index (χ0n) is 17.6. The first kappa shape index (κ1) is 20.6. The van der Waals surface area contributed by atoms with Crippen LogP contribution in [0.3, 0.4) is 0 Å².